The zero-order chi connectivity index (χ0) is 13.7. The third kappa shape index (κ3) is 3.80. The predicted molar refractivity (Wildman–Crippen MR) is 73.3 cm³/mol. The Labute approximate surface area is 114 Å². The minimum Gasteiger partial charge on any atom is -0.337 e. The second-order valence-corrected chi connectivity index (χ2v) is 4.83. The average molecular weight is 257 g/mol. The number of carbonyl (C=O) groups is 1. The lowest BCUT2D eigenvalue weighted by atomic mass is 10.1. The Morgan fingerprint density at radius 1 is 1.47 bits per heavy atom. The summed E-state index contributed by atoms with van der Waals surface area (Å²) in [5.41, 5.74) is 1.55. The van der Waals surface area contributed by atoms with Crippen molar-refractivity contribution in [1.29, 1.82) is 5.26 Å². The number of nitriles is 1. The van der Waals surface area contributed by atoms with Gasteiger partial charge in [0.15, 0.2) is 0 Å². The number of nitrogens with one attached hydrogen (secondary N) is 1. The van der Waals surface area contributed by atoms with E-state index in [2.05, 4.69) is 11.4 Å². The fourth-order valence-electron chi connectivity index (χ4n) is 1.98. The number of hydrogen-bond donors (Lipinski definition) is 1. The monoisotopic (exact) mass is 257 g/mol. The van der Waals surface area contributed by atoms with E-state index in [1.165, 1.54) is 12.8 Å². The topological polar surface area (TPSA) is 56.1 Å². The van der Waals surface area contributed by atoms with Crippen molar-refractivity contribution in [1.82, 2.24) is 10.2 Å². The number of nitrogens with zero attached hydrogens (tertiary/aromatic N) is 2. The van der Waals surface area contributed by atoms with Crippen molar-refractivity contribution in [2.45, 2.75) is 32.4 Å². The normalized spacial score (nSPS) is 13.9. The quantitative estimate of drug-likeness (QED) is 0.843. The highest BCUT2D eigenvalue weighted by molar-refractivity contribution is 5.78. The third-order valence-corrected chi connectivity index (χ3v) is 3.35. The van der Waals surface area contributed by atoms with Crippen molar-refractivity contribution in [2.75, 3.05) is 13.1 Å². The van der Waals surface area contributed by atoms with Crippen LogP contribution in [0, 0.1) is 11.3 Å². The predicted octanol–water partition coefficient (Wildman–Crippen LogP) is 1.66. The van der Waals surface area contributed by atoms with Crippen LogP contribution in [-0.4, -0.2) is 29.9 Å². The van der Waals surface area contributed by atoms with Crippen molar-refractivity contribution in [3.63, 3.8) is 0 Å². The van der Waals surface area contributed by atoms with E-state index in [1.54, 1.807) is 11.0 Å². The lowest BCUT2D eigenvalue weighted by Gasteiger charge is -2.21. The van der Waals surface area contributed by atoms with Crippen LogP contribution in [-0.2, 0) is 11.3 Å². The van der Waals surface area contributed by atoms with Crippen LogP contribution in [0.25, 0.3) is 0 Å². The number of benzene rings is 1. The molecule has 0 atom stereocenters. The van der Waals surface area contributed by atoms with Gasteiger partial charge in [-0.3, -0.25) is 4.79 Å². The zero-order valence-electron chi connectivity index (χ0n) is 11.2. The smallest absolute Gasteiger partial charge is 0.236 e. The summed E-state index contributed by atoms with van der Waals surface area (Å²) in [6, 6.07) is 10.1. The van der Waals surface area contributed by atoms with E-state index in [-0.39, 0.29) is 5.91 Å². The molecule has 1 aromatic rings. The number of likely N-dealkylation sites (N-methyl/N-ethyl adjacent to an activating group) is 1. The first-order valence-electron chi connectivity index (χ1n) is 6.73. The first kappa shape index (κ1) is 13.6. The maximum Gasteiger partial charge on any atom is 0.236 e. The molecule has 1 fully saturated rings. The number of rotatable bonds is 6. The minimum absolute atomic E-state index is 0.0992. The molecule has 1 N–H and O–H groups in total. The highest BCUT2D eigenvalue weighted by atomic mass is 16.2. The van der Waals surface area contributed by atoms with Crippen molar-refractivity contribution in [3.8, 4) is 6.07 Å². The summed E-state index contributed by atoms with van der Waals surface area (Å²) in [7, 11) is 0. The van der Waals surface area contributed by atoms with Crippen molar-refractivity contribution < 1.29 is 4.79 Å². The maximum atomic E-state index is 12.1. The van der Waals surface area contributed by atoms with Gasteiger partial charge < -0.3 is 10.2 Å². The molecular weight excluding hydrogens is 238 g/mol. The molecule has 1 aliphatic carbocycles. The van der Waals surface area contributed by atoms with Gasteiger partial charge in [0.1, 0.15) is 0 Å². The van der Waals surface area contributed by atoms with Crippen LogP contribution < -0.4 is 5.32 Å². The van der Waals surface area contributed by atoms with Crippen molar-refractivity contribution in [2.24, 2.45) is 0 Å². The highest BCUT2D eigenvalue weighted by Crippen LogP contribution is 2.18. The molecule has 0 radical (unpaired) electrons. The number of amides is 1. The van der Waals surface area contributed by atoms with E-state index in [1.807, 2.05) is 25.1 Å². The molecular formula is C15H19N3O. The van der Waals surface area contributed by atoms with Gasteiger partial charge in [0, 0.05) is 19.1 Å². The summed E-state index contributed by atoms with van der Waals surface area (Å²) in [4.78, 5) is 13.9. The molecule has 4 nitrogen and oxygen atoms in total. The molecule has 0 bridgehead atoms. The van der Waals surface area contributed by atoms with Gasteiger partial charge in [-0.2, -0.15) is 5.26 Å². The molecule has 0 heterocycles. The first-order chi connectivity index (χ1) is 9.24. The Kier molecular flexibility index (Phi) is 4.53. The van der Waals surface area contributed by atoms with Gasteiger partial charge in [-0.05, 0) is 31.4 Å². The van der Waals surface area contributed by atoms with Crippen molar-refractivity contribution >= 4 is 5.91 Å². The molecule has 1 aromatic carbocycles. The molecule has 0 aromatic heterocycles. The Balaban J connectivity index is 1.97. The van der Waals surface area contributed by atoms with Crippen LogP contribution in [0.2, 0.25) is 0 Å². The number of hydrogen-bond acceptors (Lipinski definition) is 3. The van der Waals surface area contributed by atoms with Gasteiger partial charge in [0.05, 0.1) is 18.2 Å². The zero-order valence-corrected chi connectivity index (χ0v) is 11.2. The van der Waals surface area contributed by atoms with Gasteiger partial charge in [-0.25, -0.2) is 0 Å². The first-order valence-corrected chi connectivity index (χ1v) is 6.73. The van der Waals surface area contributed by atoms with E-state index in [0.29, 0.717) is 31.2 Å². The number of carbonyl (C=O) groups excluding carboxylic acids is 1. The molecule has 0 aliphatic heterocycles. The minimum atomic E-state index is 0.0992. The van der Waals surface area contributed by atoms with Crippen LogP contribution in [0.1, 0.15) is 30.9 Å². The molecule has 1 amide bonds. The van der Waals surface area contributed by atoms with Crippen LogP contribution >= 0.6 is 0 Å². The largest absolute Gasteiger partial charge is 0.337 e. The van der Waals surface area contributed by atoms with E-state index < -0.39 is 0 Å². The van der Waals surface area contributed by atoms with Crippen LogP contribution in [0.3, 0.4) is 0 Å². The third-order valence-electron chi connectivity index (χ3n) is 3.35. The molecule has 19 heavy (non-hydrogen) atoms. The molecule has 1 saturated carbocycles. The van der Waals surface area contributed by atoms with Crippen LogP contribution in [0.5, 0.6) is 0 Å². The molecule has 100 valence electrons. The summed E-state index contributed by atoms with van der Waals surface area (Å²) in [6.07, 6.45) is 2.35. The van der Waals surface area contributed by atoms with Gasteiger partial charge >= 0.3 is 0 Å². The van der Waals surface area contributed by atoms with Crippen LogP contribution in [0.4, 0.5) is 0 Å². The highest BCUT2D eigenvalue weighted by Gasteiger charge is 2.22. The summed E-state index contributed by atoms with van der Waals surface area (Å²) in [5.74, 6) is 0.0992. The second-order valence-electron chi connectivity index (χ2n) is 4.83. The average Bonchev–Trinajstić information content (AvgIpc) is 3.26. The Hall–Kier alpha value is -1.86. The molecule has 0 saturated heterocycles. The lowest BCUT2D eigenvalue weighted by molar-refractivity contribution is -0.130. The second kappa shape index (κ2) is 6.35. The van der Waals surface area contributed by atoms with Gasteiger partial charge in [0.2, 0.25) is 5.91 Å². The molecule has 0 unspecified atom stereocenters. The molecule has 4 heteroatoms. The molecule has 1 aliphatic rings. The molecule has 0 spiro atoms. The molecule has 2 rings (SSSR count). The van der Waals surface area contributed by atoms with Gasteiger partial charge in [-0.15, -0.1) is 0 Å². The SMILES string of the molecule is CCN(Cc1ccccc1C#N)C(=O)CNC1CC1. The Morgan fingerprint density at radius 3 is 2.84 bits per heavy atom. The summed E-state index contributed by atoms with van der Waals surface area (Å²) >= 11 is 0. The summed E-state index contributed by atoms with van der Waals surface area (Å²) in [5, 5.41) is 12.3. The van der Waals surface area contributed by atoms with E-state index in [0.717, 1.165) is 5.56 Å². The van der Waals surface area contributed by atoms with E-state index in [9.17, 15) is 4.79 Å². The maximum absolute atomic E-state index is 12.1. The van der Waals surface area contributed by atoms with Gasteiger partial charge in [0.25, 0.3) is 0 Å². The van der Waals surface area contributed by atoms with Crippen LogP contribution in [0.15, 0.2) is 24.3 Å². The van der Waals surface area contributed by atoms with E-state index in [4.69, 9.17) is 5.26 Å². The fourth-order valence-corrected chi connectivity index (χ4v) is 1.98. The van der Waals surface area contributed by atoms with Gasteiger partial charge in [-0.1, -0.05) is 18.2 Å². The fraction of sp³-hybridized carbons (Fsp3) is 0.467. The summed E-state index contributed by atoms with van der Waals surface area (Å²) < 4.78 is 0. The Morgan fingerprint density at radius 2 is 2.21 bits per heavy atom. The summed E-state index contributed by atoms with van der Waals surface area (Å²) in [6.45, 7) is 3.52. The standard InChI is InChI=1S/C15H19N3O/c1-2-18(15(19)10-17-14-7-8-14)11-13-6-4-3-5-12(13)9-16/h3-6,14,17H,2,7-8,10-11H2,1H3. The Bertz CT molecular complexity index is 488. The van der Waals surface area contributed by atoms with Crippen molar-refractivity contribution in [3.05, 3.63) is 35.4 Å². The lowest BCUT2D eigenvalue weighted by Crippen LogP contribution is -2.38. The van der Waals surface area contributed by atoms with E-state index >= 15 is 0 Å².